The summed E-state index contributed by atoms with van der Waals surface area (Å²) in [5.41, 5.74) is 0.463. The van der Waals surface area contributed by atoms with Gasteiger partial charge in [0.25, 0.3) is 0 Å². The summed E-state index contributed by atoms with van der Waals surface area (Å²) in [7, 11) is 1.92. The maximum absolute atomic E-state index is 13.1. The largest absolute Gasteiger partial charge is 0.325 e. The van der Waals surface area contributed by atoms with Gasteiger partial charge in [0, 0.05) is 18.7 Å². The molecular formula is C15H16ClFN4OS. The zero-order valence-electron chi connectivity index (χ0n) is 12.7. The van der Waals surface area contributed by atoms with Crippen molar-refractivity contribution in [3.8, 4) is 0 Å². The van der Waals surface area contributed by atoms with Gasteiger partial charge < -0.3 is 9.88 Å². The molecule has 1 aliphatic rings. The highest BCUT2D eigenvalue weighted by molar-refractivity contribution is 8.00. The van der Waals surface area contributed by atoms with Gasteiger partial charge in [0.1, 0.15) is 11.6 Å². The zero-order chi connectivity index (χ0) is 16.6. The highest BCUT2D eigenvalue weighted by Crippen LogP contribution is 2.39. The molecule has 0 spiro atoms. The van der Waals surface area contributed by atoms with Crippen LogP contribution in [0.3, 0.4) is 0 Å². The smallest absolute Gasteiger partial charge is 0.237 e. The Hall–Kier alpha value is -1.60. The highest BCUT2D eigenvalue weighted by Gasteiger charge is 2.30. The van der Waals surface area contributed by atoms with E-state index in [1.54, 1.807) is 6.92 Å². The normalized spacial score (nSPS) is 15.5. The first kappa shape index (κ1) is 16.3. The molecule has 0 saturated heterocycles. The summed E-state index contributed by atoms with van der Waals surface area (Å²) in [4.78, 5) is 12.3. The number of benzene rings is 1. The first-order valence-corrected chi connectivity index (χ1v) is 8.53. The van der Waals surface area contributed by atoms with Crippen molar-refractivity contribution in [1.29, 1.82) is 0 Å². The molecule has 1 amide bonds. The monoisotopic (exact) mass is 354 g/mol. The molecule has 0 bridgehead atoms. The Labute approximate surface area is 142 Å². The molecule has 1 N–H and O–H groups in total. The van der Waals surface area contributed by atoms with E-state index in [1.165, 1.54) is 30.0 Å². The minimum atomic E-state index is -0.515. The first-order chi connectivity index (χ1) is 11.0. The van der Waals surface area contributed by atoms with Crippen LogP contribution in [-0.2, 0) is 11.8 Å². The molecule has 1 fully saturated rings. The van der Waals surface area contributed by atoms with E-state index in [0.29, 0.717) is 16.8 Å². The van der Waals surface area contributed by atoms with E-state index in [2.05, 4.69) is 15.5 Å². The molecule has 0 unspecified atom stereocenters. The van der Waals surface area contributed by atoms with Crippen molar-refractivity contribution in [3.05, 3.63) is 34.9 Å². The molecule has 1 aliphatic carbocycles. The fourth-order valence-electron chi connectivity index (χ4n) is 2.16. The Morgan fingerprint density at radius 2 is 2.22 bits per heavy atom. The van der Waals surface area contributed by atoms with Crippen molar-refractivity contribution in [2.75, 3.05) is 5.32 Å². The van der Waals surface area contributed by atoms with Crippen LogP contribution in [0.4, 0.5) is 10.1 Å². The number of carbonyl (C=O) groups is 1. The van der Waals surface area contributed by atoms with E-state index in [-0.39, 0.29) is 16.2 Å². The maximum Gasteiger partial charge on any atom is 0.237 e. The van der Waals surface area contributed by atoms with Gasteiger partial charge in [-0.2, -0.15) is 0 Å². The summed E-state index contributed by atoms with van der Waals surface area (Å²) in [6.07, 6.45) is 2.30. The Morgan fingerprint density at radius 3 is 2.87 bits per heavy atom. The lowest BCUT2D eigenvalue weighted by atomic mass is 10.3. The van der Waals surface area contributed by atoms with Crippen LogP contribution in [0.2, 0.25) is 5.02 Å². The molecule has 0 aliphatic heterocycles. The lowest BCUT2D eigenvalue weighted by Crippen LogP contribution is -2.22. The summed E-state index contributed by atoms with van der Waals surface area (Å²) in [6, 6.07) is 4.09. The molecule has 1 saturated carbocycles. The summed E-state index contributed by atoms with van der Waals surface area (Å²) < 4.78 is 15.1. The Morgan fingerprint density at radius 1 is 1.48 bits per heavy atom. The number of hydrogen-bond donors (Lipinski definition) is 1. The van der Waals surface area contributed by atoms with E-state index < -0.39 is 5.82 Å². The van der Waals surface area contributed by atoms with Gasteiger partial charge in [-0.3, -0.25) is 4.79 Å². The van der Waals surface area contributed by atoms with Crippen LogP contribution in [-0.4, -0.2) is 25.9 Å². The van der Waals surface area contributed by atoms with Crippen molar-refractivity contribution in [2.24, 2.45) is 7.05 Å². The van der Waals surface area contributed by atoms with Crippen molar-refractivity contribution in [3.63, 3.8) is 0 Å². The number of halogens is 2. The van der Waals surface area contributed by atoms with Gasteiger partial charge in [-0.1, -0.05) is 23.4 Å². The molecule has 1 aromatic heterocycles. The van der Waals surface area contributed by atoms with Crippen molar-refractivity contribution >= 4 is 35.0 Å². The van der Waals surface area contributed by atoms with E-state index in [9.17, 15) is 9.18 Å². The third kappa shape index (κ3) is 3.67. The minimum Gasteiger partial charge on any atom is -0.325 e. The third-order valence-corrected chi connectivity index (χ3v) is 5.07. The number of nitrogens with one attached hydrogen (secondary N) is 1. The molecule has 5 nitrogen and oxygen atoms in total. The quantitative estimate of drug-likeness (QED) is 0.833. The van der Waals surface area contributed by atoms with E-state index in [0.717, 1.165) is 18.7 Å². The number of carbonyl (C=O) groups excluding carboxylic acids is 1. The third-order valence-electron chi connectivity index (χ3n) is 3.65. The van der Waals surface area contributed by atoms with Crippen LogP contribution >= 0.6 is 23.4 Å². The van der Waals surface area contributed by atoms with E-state index >= 15 is 0 Å². The molecule has 1 heterocycles. The second kappa shape index (κ2) is 6.49. The molecule has 3 rings (SSSR count). The number of amides is 1. The van der Waals surface area contributed by atoms with Crippen molar-refractivity contribution in [1.82, 2.24) is 14.8 Å². The lowest BCUT2D eigenvalue weighted by molar-refractivity contribution is -0.115. The van der Waals surface area contributed by atoms with Gasteiger partial charge in [0.05, 0.1) is 10.3 Å². The topological polar surface area (TPSA) is 59.8 Å². The summed E-state index contributed by atoms with van der Waals surface area (Å²) in [5, 5.41) is 11.4. The first-order valence-electron chi connectivity index (χ1n) is 7.27. The molecule has 8 heteroatoms. The summed E-state index contributed by atoms with van der Waals surface area (Å²) >= 11 is 7.05. The fourth-order valence-corrected chi connectivity index (χ4v) is 3.16. The summed E-state index contributed by atoms with van der Waals surface area (Å²) in [6.45, 7) is 1.79. The fraction of sp³-hybridized carbons (Fsp3) is 0.400. The second-order valence-electron chi connectivity index (χ2n) is 5.55. The average Bonchev–Trinajstić information content (AvgIpc) is 3.29. The Bertz CT molecular complexity index is 747. The molecular weight excluding hydrogens is 339 g/mol. The highest BCUT2D eigenvalue weighted by atomic mass is 35.5. The molecule has 0 radical (unpaired) electrons. The lowest BCUT2D eigenvalue weighted by Gasteiger charge is -2.12. The van der Waals surface area contributed by atoms with Crippen LogP contribution in [0, 0.1) is 5.82 Å². The van der Waals surface area contributed by atoms with Gasteiger partial charge in [-0.25, -0.2) is 4.39 Å². The van der Waals surface area contributed by atoms with Crippen molar-refractivity contribution in [2.45, 2.75) is 36.1 Å². The Kier molecular flexibility index (Phi) is 4.59. The van der Waals surface area contributed by atoms with Crippen molar-refractivity contribution < 1.29 is 9.18 Å². The van der Waals surface area contributed by atoms with Gasteiger partial charge in [0.2, 0.25) is 5.91 Å². The van der Waals surface area contributed by atoms with E-state index in [1.807, 2.05) is 11.6 Å². The average molecular weight is 355 g/mol. The number of aromatic nitrogens is 3. The van der Waals surface area contributed by atoms with Gasteiger partial charge in [0.15, 0.2) is 5.16 Å². The minimum absolute atomic E-state index is 0.0227. The second-order valence-corrected chi connectivity index (χ2v) is 7.27. The van der Waals surface area contributed by atoms with Gasteiger partial charge >= 0.3 is 0 Å². The van der Waals surface area contributed by atoms with Gasteiger partial charge in [-0.05, 0) is 38.0 Å². The van der Waals surface area contributed by atoms with Crippen LogP contribution in [0.25, 0.3) is 0 Å². The number of nitrogens with zero attached hydrogens (tertiary/aromatic N) is 3. The number of rotatable bonds is 5. The predicted molar refractivity (Wildman–Crippen MR) is 88.3 cm³/mol. The van der Waals surface area contributed by atoms with Crippen LogP contribution in [0.15, 0.2) is 23.4 Å². The molecule has 122 valence electrons. The predicted octanol–water partition coefficient (Wildman–Crippen LogP) is 3.60. The zero-order valence-corrected chi connectivity index (χ0v) is 14.3. The molecule has 2 aromatic rings. The molecule has 23 heavy (non-hydrogen) atoms. The van der Waals surface area contributed by atoms with Crippen LogP contribution in [0.1, 0.15) is 31.5 Å². The van der Waals surface area contributed by atoms with E-state index in [4.69, 9.17) is 11.6 Å². The molecule has 1 atom stereocenters. The SMILES string of the molecule is C[C@H](Sc1nnc(C2CC2)n1C)C(=O)Nc1ccc(F)c(Cl)c1. The molecule has 1 aromatic carbocycles. The number of hydrogen-bond acceptors (Lipinski definition) is 4. The van der Waals surface area contributed by atoms with Crippen LogP contribution in [0.5, 0.6) is 0 Å². The summed E-state index contributed by atoms with van der Waals surface area (Å²) in [5.74, 6) is 0.769. The number of anilines is 1. The maximum atomic E-state index is 13.1. The van der Waals surface area contributed by atoms with Crippen LogP contribution < -0.4 is 5.32 Å². The number of thioether (sulfide) groups is 1. The standard InChI is InChI=1S/C15H16ClFN4OS/c1-8(14(22)18-10-5-6-12(17)11(16)7-10)23-15-20-19-13(21(15)2)9-3-4-9/h5-9H,3-4H2,1-2H3,(H,18,22)/t8-/m0/s1. The van der Waals surface area contributed by atoms with Gasteiger partial charge in [-0.15, -0.1) is 10.2 Å². The Balaban J connectivity index is 1.64.